The molecule has 1 heterocycles. The Morgan fingerprint density at radius 2 is 1.88 bits per heavy atom. The van der Waals surface area contributed by atoms with Crippen molar-refractivity contribution in [1.29, 1.82) is 0 Å². The van der Waals surface area contributed by atoms with E-state index < -0.39 is 15.9 Å². The van der Waals surface area contributed by atoms with Gasteiger partial charge in [0.15, 0.2) is 0 Å². The van der Waals surface area contributed by atoms with Crippen LogP contribution in [0.5, 0.6) is 0 Å². The van der Waals surface area contributed by atoms with Gasteiger partial charge in [0.05, 0.1) is 21.5 Å². The van der Waals surface area contributed by atoms with Gasteiger partial charge in [-0.3, -0.25) is 9.52 Å². The maximum Gasteiger partial charge on any atom is 0.265 e. The van der Waals surface area contributed by atoms with Crippen LogP contribution < -0.4 is 10.0 Å². The number of rotatable bonds is 4. The molecule has 0 radical (unpaired) electrons. The Bertz CT molecular complexity index is 1080. The van der Waals surface area contributed by atoms with Crippen LogP contribution >= 0.6 is 22.9 Å². The van der Waals surface area contributed by atoms with Gasteiger partial charge >= 0.3 is 0 Å². The zero-order valence-corrected chi connectivity index (χ0v) is 15.2. The summed E-state index contributed by atoms with van der Waals surface area (Å²) in [5, 5.41) is 3.53. The lowest BCUT2D eigenvalue weighted by molar-refractivity contribution is 0.103. The van der Waals surface area contributed by atoms with Gasteiger partial charge in [-0.1, -0.05) is 23.7 Å². The lowest BCUT2D eigenvalue weighted by Gasteiger charge is -2.09. The van der Waals surface area contributed by atoms with Gasteiger partial charge in [0.1, 0.15) is 5.82 Å². The molecule has 0 spiro atoms. The van der Waals surface area contributed by atoms with E-state index in [1.165, 1.54) is 24.3 Å². The number of benzene rings is 2. The van der Waals surface area contributed by atoms with E-state index in [1.807, 2.05) is 0 Å². The molecule has 0 saturated carbocycles. The van der Waals surface area contributed by atoms with Gasteiger partial charge in [-0.25, -0.2) is 12.8 Å². The van der Waals surface area contributed by atoms with E-state index in [0.717, 1.165) is 17.6 Å². The molecule has 1 aromatic heterocycles. The molecule has 3 rings (SSSR count). The molecule has 130 valence electrons. The lowest BCUT2D eigenvalue weighted by atomic mass is 10.2. The molecule has 0 unspecified atom stereocenters. The van der Waals surface area contributed by atoms with Crippen molar-refractivity contribution < 1.29 is 17.6 Å². The minimum atomic E-state index is -3.47. The van der Waals surface area contributed by atoms with Crippen LogP contribution in [0.1, 0.15) is 9.67 Å². The fraction of sp³-hybridized carbons (Fsp3) is 0.0625. The second-order valence-electron chi connectivity index (χ2n) is 5.33. The first kappa shape index (κ1) is 17.7. The van der Waals surface area contributed by atoms with Gasteiger partial charge in [-0.15, -0.1) is 11.3 Å². The van der Waals surface area contributed by atoms with Crippen molar-refractivity contribution in [2.45, 2.75) is 0 Å². The smallest absolute Gasteiger partial charge is 0.265 e. The number of hydrogen-bond donors (Lipinski definition) is 2. The Balaban J connectivity index is 1.88. The Morgan fingerprint density at radius 3 is 2.56 bits per heavy atom. The molecular weight excluding hydrogens is 387 g/mol. The minimum absolute atomic E-state index is 0.229. The van der Waals surface area contributed by atoms with Crippen LogP contribution in [0.15, 0.2) is 42.5 Å². The van der Waals surface area contributed by atoms with Crippen LogP contribution in [0.25, 0.3) is 10.1 Å². The van der Waals surface area contributed by atoms with E-state index in [4.69, 9.17) is 11.6 Å². The average molecular weight is 399 g/mol. The summed E-state index contributed by atoms with van der Waals surface area (Å²) in [5.41, 5.74) is 0.550. The first-order valence-electron chi connectivity index (χ1n) is 6.99. The molecule has 0 aliphatic heterocycles. The van der Waals surface area contributed by atoms with E-state index in [2.05, 4.69) is 10.0 Å². The van der Waals surface area contributed by atoms with Gasteiger partial charge in [0, 0.05) is 10.7 Å². The molecule has 0 atom stereocenters. The Labute approximate surface area is 152 Å². The summed E-state index contributed by atoms with van der Waals surface area (Å²) in [6, 6.07) is 10.6. The summed E-state index contributed by atoms with van der Waals surface area (Å²) < 4.78 is 39.1. The van der Waals surface area contributed by atoms with E-state index in [9.17, 15) is 17.6 Å². The largest absolute Gasteiger partial charge is 0.321 e. The molecule has 0 bridgehead atoms. The van der Waals surface area contributed by atoms with Crippen LogP contribution in [0.4, 0.5) is 15.8 Å². The molecule has 9 heteroatoms. The number of halogens is 2. The van der Waals surface area contributed by atoms with E-state index >= 15 is 0 Å². The average Bonchev–Trinajstić information content (AvgIpc) is 2.90. The van der Waals surface area contributed by atoms with Gasteiger partial charge in [0.25, 0.3) is 5.91 Å². The molecular formula is C16H12ClFN2O3S2. The van der Waals surface area contributed by atoms with Crippen molar-refractivity contribution in [2.24, 2.45) is 0 Å². The number of thiophene rings is 1. The lowest BCUT2D eigenvalue weighted by Crippen LogP contribution is -2.12. The zero-order valence-electron chi connectivity index (χ0n) is 12.8. The van der Waals surface area contributed by atoms with E-state index in [0.29, 0.717) is 20.7 Å². The highest BCUT2D eigenvalue weighted by Gasteiger charge is 2.14. The monoisotopic (exact) mass is 398 g/mol. The van der Waals surface area contributed by atoms with Crippen molar-refractivity contribution in [3.05, 3.63) is 58.2 Å². The molecule has 0 fully saturated rings. The van der Waals surface area contributed by atoms with Crippen LogP contribution in [0.2, 0.25) is 5.02 Å². The molecule has 0 aliphatic rings. The summed E-state index contributed by atoms with van der Waals surface area (Å²) in [5.74, 6) is -0.822. The fourth-order valence-corrected chi connectivity index (χ4v) is 4.01. The highest BCUT2D eigenvalue weighted by Crippen LogP contribution is 2.29. The Hall–Kier alpha value is -2.16. The normalized spacial score (nSPS) is 11.5. The van der Waals surface area contributed by atoms with Gasteiger partial charge in [-0.05, 0) is 35.7 Å². The summed E-state index contributed by atoms with van der Waals surface area (Å²) in [6.07, 6.45) is 1.01. The third-order valence-corrected chi connectivity index (χ3v) is 5.16. The number of carbonyl (C=O) groups excluding carboxylic acids is 1. The summed E-state index contributed by atoms with van der Waals surface area (Å²) >= 11 is 7.00. The molecule has 1 amide bonds. The van der Waals surface area contributed by atoms with Crippen molar-refractivity contribution in [2.75, 3.05) is 16.3 Å². The number of fused-ring (bicyclic) bond motifs is 1. The maximum absolute atomic E-state index is 13.7. The number of anilines is 2. The minimum Gasteiger partial charge on any atom is -0.321 e. The van der Waals surface area contributed by atoms with Gasteiger partial charge in [-0.2, -0.15) is 0 Å². The number of sulfonamides is 1. The molecule has 0 aliphatic carbocycles. The SMILES string of the molecule is CS(=O)(=O)Nc1cc(Cl)cc(NC(=O)c2cc3cccc(F)c3s2)c1. The number of amides is 1. The Kier molecular flexibility index (Phi) is 4.68. The Morgan fingerprint density at radius 1 is 1.16 bits per heavy atom. The highest BCUT2D eigenvalue weighted by atomic mass is 35.5. The highest BCUT2D eigenvalue weighted by molar-refractivity contribution is 7.92. The van der Waals surface area contributed by atoms with Crippen LogP contribution in [0, 0.1) is 5.82 Å². The predicted molar refractivity (Wildman–Crippen MR) is 99.7 cm³/mol. The fourth-order valence-electron chi connectivity index (χ4n) is 2.27. The second kappa shape index (κ2) is 6.62. The first-order valence-corrected chi connectivity index (χ1v) is 10.1. The number of nitrogens with one attached hydrogen (secondary N) is 2. The van der Waals surface area contributed by atoms with Crippen molar-refractivity contribution in [3.8, 4) is 0 Å². The number of hydrogen-bond acceptors (Lipinski definition) is 4. The summed E-state index contributed by atoms with van der Waals surface area (Å²) in [4.78, 5) is 12.7. The van der Waals surface area contributed by atoms with Crippen LogP contribution in [-0.2, 0) is 10.0 Å². The molecule has 2 aromatic carbocycles. The van der Waals surface area contributed by atoms with Crippen molar-refractivity contribution >= 4 is 60.3 Å². The predicted octanol–water partition coefficient (Wildman–Crippen LogP) is 4.32. The van der Waals surface area contributed by atoms with Gasteiger partial charge in [0.2, 0.25) is 10.0 Å². The second-order valence-corrected chi connectivity index (χ2v) is 8.56. The third kappa shape index (κ3) is 4.28. The van der Waals surface area contributed by atoms with Crippen LogP contribution in [-0.4, -0.2) is 20.6 Å². The molecule has 3 aromatic rings. The van der Waals surface area contributed by atoms with Crippen LogP contribution in [0.3, 0.4) is 0 Å². The maximum atomic E-state index is 13.7. The molecule has 2 N–H and O–H groups in total. The third-order valence-electron chi connectivity index (χ3n) is 3.18. The van der Waals surface area contributed by atoms with Crippen molar-refractivity contribution in [3.63, 3.8) is 0 Å². The quantitative estimate of drug-likeness (QED) is 0.687. The molecule has 5 nitrogen and oxygen atoms in total. The number of carbonyl (C=O) groups is 1. The standard InChI is InChI=1S/C16H12ClFN2O3S2/c1-25(22,23)20-12-7-10(17)6-11(8-12)19-16(21)14-5-9-3-2-4-13(18)15(9)24-14/h2-8,20H,1H3,(H,19,21). The van der Waals surface area contributed by atoms with E-state index in [-0.39, 0.29) is 16.5 Å². The van der Waals surface area contributed by atoms with Gasteiger partial charge < -0.3 is 5.32 Å². The summed E-state index contributed by atoms with van der Waals surface area (Å²) in [6.45, 7) is 0. The van der Waals surface area contributed by atoms with E-state index in [1.54, 1.807) is 18.2 Å². The zero-order chi connectivity index (χ0) is 18.2. The topological polar surface area (TPSA) is 75.3 Å². The first-order chi connectivity index (χ1) is 11.7. The summed E-state index contributed by atoms with van der Waals surface area (Å²) in [7, 11) is -3.47. The molecule has 25 heavy (non-hydrogen) atoms. The molecule has 0 saturated heterocycles. The van der Waals surface area contributed by atoms with Crippen molar-refractivity contribution in [1.82, 2.24) is 0 Å².